The molecule has 1 aliphatic heterocycles. The highest BCUT2D eigenvalue weighted by Gasteiger charge is 2.47. The summed E-state index contributed by atoms with van der Waals surface area (Å²) >= 11 is 0. The van der Waals surface area contributed by atoms with Gasteiger partial charge in [-0.3, -0.25) is 4.79 Å². The summed E-state index contributed by atoms with van der Waals surface area (Å²) in [4.78, 5) is 14.7. The molecular formula is C22H23F3N2O3S. The third kappa shape index (κ3) is 4.77. The summed E-state index contributed by atoms with van der Waals surface area (Å²) < 4.78 is 68.2. The normalized spacial score (nSPS) is 23.6. The third-order valence-corrected chi connectivity index (χ3v) is 6.63. The van der Waals surface area contributed by atoms with E-state index in [1.165, 1.54) is 18.2 Å². The highest BCUT2D eigenvalue weighted by Crippen LogP contribution is 2.52. The van der Waals surface area contributed by atoms with Crippen LogP contribution in [0, 0.1) is 23.4 Å². The third-order valence-electron chi connectivity index (χ3n) is 5.87. The van der Waals surface area contributed by atoms with Crippen LogP contribution in [0.15, 0.2) is 36.4 Å². The predicted octanol–water partition coefficient (Wildman–Crippen LogP) is 3.41. The SMILES string of the molecule is CS(=O)(=O)N[C@H]1CCCN(C(=O)C2CC2c2ccc(F)cc2-c2c(F)cccc2F)C1. The Morgan fingerprint density at radius 1 is 1.13 bits per heavy atom. The molecule has 0 aromatic heterocycles. The van der Waals surface area contributed by atoms with Crippen molar-refractivity contribution in [1.29, 1.82) is 0 Å². The Morgan fingerprint density at radius 2 is 1.84 bits per heavy atom. The van der Waals surface area contributed by atoms with Crippen LogP contribution in [0.1, 0.15) is 30.7 Å². The van der Waals surface area contributed by atoms with Gasteiger partial charge >= 0.3 is 0 Å². The van der Waals surface area contributed by atoms with Gasteiger partial charge in [0.1, 0.15) is 17.5 Å². The lowest BCUT2D eigenvalue weighted by atomic mass is 9.94. The van der Waals surface area contributed by atoms with Gasteiger partial charge in [0, 0.05) is 25.0 Å². The minimum absolute atomic E-state index is 0.116. The first-order valence-electron chi connectivity index (χ1n) is 10.1. The van der Waals surface area contributed by atoms with E-state index in [0.717, 1.165) is 24.5 Å². The molecule has 0 radical (unpaired) electrons. The Bertz CT molecular complexity index is 1100. The van der Waals surface area contributed by atoms with Crippen molar-refractivity contribution in [3.63, 3.8) is 0 Å². The lowest BCUT2D eigenvalue weighted by Gasteiger charge is -2.33. The van der Waals surface area contributed by atoms with Crippen molar-refractivity contribution in [1.82, 2.24) is 9.62 Å². The van der Waals surface area contributed by atoms with Gasteiger partial charge in [-0.2, -0.15) is 0 Å². The average molecular weight is 452 g/mol. The second-order valence-electron chi connectivity index (χ2n) is 8.29. The number of nitrogens with one attached hydrogen (secondary N) is 1. The molecular weight excluding hydrogens is 429 g/mol. The molecule has 2 aliphatic rings. The maximum absolute atomic E-state index is 14.4. The second kappa shape index (κ2) is 8.27. The molecule has 1 aliphatic carbocycles. The molecule has 3 atom stereocenters. The lowest BCUT2D eigenvalue weighted by Crippen LogP contribution is -2.49. The van der Waals surface area contributed by atoms with Crippen LogP contribution in [0.3, 0.4) is 0 Å². The number of carbonyl (C=O) groups excluding carboxylic acids is 1. The fourth-order valence-electron chi connectivity index (χ4n) is 4.45. The Hall–Kier alpha value is -2.39. The minimum atomic E-state index is -3.37. The Kier molecular flexibility index (Phi) is 5.83. The number of carbonyl (C=O) groups is 1. The van der Waals surface area contributed by atoms with Crippen LogP contribution >= 0.6 is 0 Å². The molecule has 9 heteroatoms. The van der Waals surface area contributed by atoms with Gasteiger partial charge in [-0.1, -0.05) is 12.1 Å². The largest absolute Gasteiger partial charge is 0.341 e. The van der Waals surface area contributed by atoms with E-state index < -0.39 is 27.5 Å². The van der Waals surface area contributed by atoms with E-state index >= 15 is 0 Å². The molecule has 5 nitrogen and oxygen atoms in total. The van der Waals surface area contributed by atoms with Gasteiger partial charge in [0.05, 0.1) is 11.8 Å². The molecule has 2 aromatic carbocycles. The van der Waals surface area contributed by atoms with E-state index in [9.17, 15) is 26.4 Å². The summed E-state index contributed by atoms with van der Waals surface area (Å²) in [5, 5.41) is 0. The van der Waals surface area contributed by atoms with Crippen LogP contribution in [0.5, 0.6) is 0 Å². The molecule has 166 valence electrons. The molecule has 1 saturated heterocycles. The first-order chi connectivity index (χ1) is 14.6. The minimum Gasteiger partial charge on any atom is -0.341 e. The van der Waals surface area contributed by atoms with E-state index in [-0.39, 0.29) is 41.5 Å². The first kappa shape index (κ1) is 21.8. The molecule has 2 aromatic rings. The van der Waals surface area contributed by atoms with Crippen molar-refractivity contribution >= 4 is 15.9 Å². The average Bonchev–Trinajstić information content (AvgIpc) is 3.47. The summed E-state index contributed by atoms with van der Waals surface area (Å²) in [6.07, 6.45) is 2.91. The van der Waals surface area contributed by atoms with Crippen LogP contribution in [0.2, 0.25) is 0 Å². The number of rotatable bonds is 5. The zero-order valence-corrected chi connectivity index (χ0v) is 17.8. The Labute approximate surface area is 179 Å². The maximum atomic E-state index is 14.4. The fraction of sp³-hybridized carbons (Fsp3) is 0.409. The Balaban J connectivity index is 1.55. The molecule has 2 fully saturated rings. The van der Waals surface area contributed by atoms with Crippen molar-refractivity contribution in [2.45, 2.75) is 31.2 Å². The monoisotopic (exact) mass is 452 g/mol. The number of nitrogens with zero attached hydrogens (tertiary/aromatic N) is 1. The summed E-state index contributed by atoms with van der Waals surface area (Å²) in [6.45, 7) is 0.815. The van der Waals surface area contributed by atoms with Gasteiger partial charge < -0.3 is 4.90 Å². The summed E-state index contributed by atoms with van der Waals surface area (Å²) in [7, 11) is -3.37. The zero-order valence-electron chi connectivity index (χ0n) is 16.9. The molecule has 1 heterocycles. The zero-order chi connectivity index (χ0) is 22.3. The number of amides is 1. The number of sulfonamides is 1. The van der Waals surface area contributed by atoms with E-state index in [1.54, 1.807) is 4.90 Å². The molecule has 0 spiro atoms. The summed E-state index contributed by atoms with van der Waals surface area (Å²) in [5.74, 6) is -2.96. The molecule has 4 rings (SSSR count). The van der Waals surface area contributed by atoms with Crippen LogP contribution in [-0.4, -0.2) is 44.6 Å². The molecule has 1 amide bonds. The number of piperidine rings is 1. The number of halogens is 3. The topological polar surface area (TPSA) is 66.5 Å². The number of benzene rings is 2. The van der Waals surface area contributed by atoms with Gasteiger partial charge in [0.25, 0.3) is 0 Å². The highest BCUT2D eigenvalue weighted by atomic mass is 32.2. The van der Waals surface area contributed by atoms with Gasteiger partial charge in [0.15, 0.2) is 0 Å². The van der Waals surface area contributed by atoms with Crippen LogP contribution in [0.25, 0.3) is 11.1 Å². The summed E-state index contributed by atoms with van der Waals surface area (Å²) in [6, 6.07) is 6.95. The quantitative estimate of drug-likeness (QED) is 0.756. The second-order valence-corrected chi connectivity index (χ2v) is 10.1. The van der Waals surface area contributed by atoms with Crippen molar-refractivity contribution in [2.24, 2.45) is 5.92 Å². The number of hydrogen-bond donors (Lipinski definition) is 1. The van der Waals surface area contributed by atoms with Gasteiger partial charge in [-0.25, -0.2) is 26.3 Å². The van der Waals surface area contributed by atoms with E-state index in [2.05, 4.69) is 4.72 Å². The van der Waals surface area contributed by atoms with Crippen molar-refractivity contribution in [3.05, 3.63) is 59.4 Å². The fourth-order valence-corrected chi connectivity index (χ4v) is 5.24. The number of hydrogen-bond acceptors (Lipinski definition) is 3. The van der Waals surface area contributed by atoms with Crippen molar-refractivity contribution < 1.29 is 26.4 Å². The molecule has 31 heavy (non-hydrogen) atoms. The smallest absolute Gasteiger partial charge is 0.226 e. The summed E-state index contributed by atoms with van der Waals surface area (Å²) in [5.41, 5.74) is 0.350. The molecule has 0 bridgehead atoms. The van der Waals surface area contributed by atoms with Gasteiger partial charge in [0.2, 0.25) is 15.9 Å². The van der Waals surface area contributed by atoms with Crippen molar-refractivity contribution in [2.75, 3.05) is 19.3 Å². The lowest BCUT2D eigenvalue weighted by molar-refractivity contribution is -0.133. The van der Waals surface area contributed by atoms with Crippen molar-refractivity contribution in [3.8, 4) is 11.1 Å². The first-order valence-corrected chi connectivity index (χ1v) is 12.0. The predicted molar refractivity (Wildman–Crippen MR) is 110 cm³/mol. The molecule has 2 unspecified atom stereocenters. The van der Waals surface area contributed by atoms with E-state index in [0.29, 0.717) is 31.4 Å². The standard InChI is InChI=1S/C22H23F3N2O3S/c1-31(29,30)26-14-4-3-9-27(12-14)22(28)18-11-16(18)15-8-7-13(23)10-17(15)21-19(24)5-2-6-20(21)25/h2,5-8,10,14,16,18,26H,3-4,9,11-12H2,1H3/t14-,16?,18?/m0/s1. The molecule has 1 saturated carbocycles. The van der Waals surface area contributed by atoms with Crippen LogP contribution < -0.4 is 4.72 Å². The maximum Gasteiger partial charge on any atom is 0.226 e. The van der Waals surface area contributed by atoms with Crippen LogP contribution in [-0.2, 0) is 14.8 Å². The van der Waals surface area contributed by atoms with E-state index in [4.69, 9.17) is 0 Å². The highest BCUT2D eigenvalue weighted by molar-refractivity contribution is 7.88. The Morgan fingerprint density at radius 3 is 2.52 bits per heavy atom. The number of likely N-dealkylation sites (tertiary alicyclic amines) is 1. The van der Waals surface area contributed by atoms with Crippen LogP contribution in [0.4, 0.5) is 13.2 Å². The van der Waals surface area contributed by atoms with Gasteiger partial charge in [-0.15, -0.1) is 0 Å². The van der Waals surface area contributed by atoms with E-state index in [1.807, 2.05) is 0 Å². The van der Waals surface area contributed by atoms with Gasteiger partial charge in [-0.05, 0) is 60.6 Å². The molecule has 1 N–H and O–H groups in total.